The van der Waals surface area contributed by atoms with E-state index >= 15 is 0 Å². The molecule has 0 saturated carbocycles. The molecule has 0 spiro atoms. The number of hydrogen-bond donors (Lipinski definition) is 6. The molecular formula is C16H22N10. The van der Waals surface area contributed by atoms with Gasteiger partial charge in [0.2, 0.25) is 11.9 Å². The minimum absolute atomic E-state index is 0.207. The maximum absolute atomic E-state index is 7.26. The third-order valence-corrected chi connectivity index (χ3v) is 2.04. The molecule has 0 aromatic rings. The molecule has 26 heavy (non-hydrogen) atoms. The number of rotatable bonds is 6. The second kappa shape index (κ2) is 14.5. The van der Waals surface area contributed by atoms with Crippen molar-refractivity contribution in [2.45, 2.75) is 0 Å². The highest BCUT2D eigenvalue weighted by molar-refractivity contribution is 5.97. The molecule has 136 valence electrons. The van der Waals surface area contributed by atoms with Gasteiger partial charge in [-0.25, -0.2) is 9.98 Å². The van der Waals surface area contributed by atoms with E-state index in [0.29, 0.717) is 0 Å². The van der Waals surface area contributed by atoms with Gasteiger partial charge in [-0.15, -0.1) is 0 Å². The van der Waals surface area contributed by atoms with E-state index in [9.17, 15) is 0 Å². The summed E-state index contributed by atoms with van der Waals surface area (Å²) in [6.45, 7) is 0. The number of allylic oxidation sites excluding steroid dienone is 10. The monoisotopic (exact) mass is 354 g/mol. The van der Waals surface area contributed by atoms with E-state index in [2.05, 4.69) is 20.0 Å². The van der Waals surface area contributed by atoms with Crippen LogP contribution in [0.1, 0.15) is 0 Å². The number of guanidine groups is 4. The van der Waals surface area contributed by atoms with Gasteiger partial charge in [0.15, 0.2) is 11.9 Å². The van der Waals surface area contributed by atoms with E-state index in [1.165, 1.54) is 12.4 Å². The molecule has 0 aromatic heterocycles. The fourth-order valence-electron chi connectivity index (χ4n) is 1.14. The maximum Gasteiger partial charge on any atom is 0.244 e. The van der Waals surface area contributed by atoms with Gasteiger partial charge in [-0.05, 0) is 12.2 Å². The van der Waals surface area contributed by atoms with Gasteiger partial charge in [0.25, 0.3) is 0 Å². The molecular weight excluding hydrogens is 332 g/mol. The molecule has 10 heteroatoms. The van der Waals surface area contributed by atoms with E-state index in [1.807, 2.05) is 24.3 Å². The average Bonchev–Trinajstić information content (AvgIpc) is 2.53. The van der Waals surface area contributed by atoms with Crippen LogP contribution >= 0.6 is 0 Å². The lowest BCUT2D eigenvalue weighted by atomic mass is 10.3. The van der Waals surface area contributed by atoms with Crippen LogP contribution in [-0.4, -0.2) is 36.3 Å². The van der Waals surface area contributed by atoms with Crippen molar-refractivity contribution in [2.75, 3.05) is 0 Å². The second-order valence-corrected chi connectivity index (χ2v) is 4.20. The molecule has 10 N–H and O–H groups in total. The van der Waals surface area contributed by atoms with Gasteiger partial charge < -0.3 is 22.9 Å². The zero-order valence-electron chi connectivity index (χ0n) is 14.0. The summed E-state index contributed by atoms with van der Waals surface area (Å²) in [6.07, 6.45) is 20.4. The van der Waals surface area contributed by atoms with Crippen LogP contribution in [0.25, 0.3) is 0 Å². The molecule has 0 heterocycles. The van der Waals surface area contributed by atoms with Crippen molar-refractivity contribution in [1.82, 2.24) is 0 Å². The molecule has 0 rings (SSSR count). The van der Waals surface area contributed by atoms with Crippen LogP contribution in [0.15, 0.2) is 80.7 Å². The third kappa shape index (κ3) is 16.3. The molecule has 0 unspecified atom stereocenters. The van der Waals surface area contributed by atoms with Gasteiger partial charge in [-0.1, -0.05) is 48.6 Å². The molecule has 0 fully saturated rings. The number of hydrogen-bond acceptors (Lipinski definition) is 2. The normalized spacial score (nSPS) is 12.5. The third-order valence-electron chi connectivity index (χ3n) is 2.04. The van der Waals surface area contributed by atoms with Gasteiger partial charge in [0, 0.05) is 12.4 Å². The smallest absolute Gasteiger partial charge is 0.244 e. The van der Waals surface area contributed by atoms with Crippen molar-refractivity contribution >= 4 is 36.3 Å². The van der Waals surface area contributed by atoms with Crippen molar-refractivity contribution < 1.29 is 0 Å². The minimum atomic E-state index is -0.269. The highest BCUT2D eigenvalue weighted by atomic mass is 15.1. The predicted octanol–water partition coefficient (Wildman–Crippen LogP) is 0.325. The Bertz CT molecular complexity index is 660. The molecule has 0 aromatic carbocycles. The lowest BCUT2D eigenvalue weighted by molar-refractivity contribution is 1.35. The number of nitrogens with two attached hydrogens (primary N) is 4. The fraction of sp³-hybridized carbons (Fsp3) is 0. The summed E-state index contributed by atoms with van der Waals surface area (Å²) in [5.41, 5.74) is 20.4. The molecule has 0 aliphatic heterocycles. The Morgan fingerprint density at radius 1 is 0.500 bits per heavy atom. The van der Waals surface area contributed by atoms with Gasteiger partial charge in [0.05, 0.1) is 0 Å². The first-order chi connectivity index (χ1) is 12.4. The fourth-order valence-corrected chi connectivity index (χ4v) is 1.14. The van der Waals surface area contributed by atoms with Gasteiger partial charge in [-0.2, -0.15) is 9.98 Å². The van der Waals surface area contributed by atoms with Crippen LogP contribution in [0.2, 0.25) is 0 Å². The predicted molar refractivity (Wildman–Crippen MR) is 110 cm³/mol. The summed E-state index contributed by atoms with van der Waals surface area (Å²) >= 11 is 0. The number of nitrogens with zero attached hydrogens (tertiary/aromatic N) is 4. The molecule has 0 aliphatic rings. The maximum atomic E-state index is 7.26. The van der Waals surface area contributed by atoms with Crippen LogP contribution in [0, 0.1) is 10.8 Å². The number of aliphatic imine (C=N–C) groups is 4. The Hall–Kier alpha value is -4.08. The summed E-state index contributed by atoms with van der Waals surface area (Å²) in [5, 5.41) is 14.5. The van der Waals surface area contributed by atoms with Gasteiger partial charge >= 0.3 is 0 Å². The highest BCUT2D eigenvalue weighted by Crippen LogP contribution is 1.84. The van der Waals surface area contributed by atoms with Crippen molar-refractivity contribution in [3.63, 3.8) is 0 Å². The largest absolute Gasteiger partial charge is 0.370 e. The second-order valence-electron chi connectivity index (χ2n) is 4.20. The van der Waals surface area contributed by atoms with Crippen LogP contribution in [-0.2, 0) is 0 Å². The minimum Gasteiger partial charge on any atom is -0.370 e. The summed E-state index contributed by atoms with van der Waals surface area (Å²) in [5.74, 6) is -0.951. The first kappa shape index (κ1) is 21.9. The lowest BCUT2D eigenvalue weighted by Crippen LogP contribution is -2.23. The Balaban J connectivity index is 4.12. The highest BCUT2D eigenvalue weighted by Gasteiger charge is 1.86. The molecule has 0 amide bonds. The van der Waals surface area contributed by atoms with Crippen LogP contribution in [0.5, 0.6) is 0 Å². The summed E-state index contributed by atoms with van der Waals surface area (Å²) in [4.78, 5) is 14.2. The van der Waals surface area contributed by atoms with Crippen molar-refractivity contribution in [3.05, 3.63) is 60.8 Å². The van der Waals surface area contributed by atoms with E-state index in [-0.39, 0.29) is 23.8 Å². The lowest BCUT2D eigenvalue weighted by Gasteiger charge is -1.87. The van der Waals surface area contributed by atoms with Crippen LogP contribution in [0.4, 0.5) is 0 Å². The topological polar surface area (TPSA) is 201 Å². The van der Waals surface area contributed by atoms with Gasteiger partial charge in [0.1, 0.15) is 0 Å². The summed E-state index contributed by atoms with van der Waals surface area (Å²) < 4.78 is 0. The van der Waals surface area contributed by atoms with E-state index in [1.54, 1.807) is 36.5 Å². The summed E-state index contributed by atoms with van der Waals surface area (Å²) in [7, 11) is 0. The van der Waals surface area contributed by atoms with E-state index < -0.39 is 0 Å². The van der Waals surface area contributed by atoms with E-state index in [0.717, 1.165) is 0 Å². The zero-order valence-corrected chi connectivity index (χ0v) is 14.0. The zero-order chi connectivity index (χ0) is 19.6. The van der Waals surface area contributed by atoms with E-state index in [4.69, 9.17) is 33.8 Å². The van der Waals surface area contributed by atoms with Gasteiger partial charge in [-0.3, -0.25) is 10.8 Å². The average molecular weight is 354 g/mol. The SMILES string of the molecule is N=C(N=CC=CC=CC=CC=CC=CC=NC(=N)N=C(N)N)N=C(N)N. The Morgan fingerprint density at radius 2 is 0.769 bits per heavy atom. The first-order valence-electron chi connectivity index (χ1n) is 7.18. The van der Waals surface area contributed by atoms with Crippen LogP contribution in [0.3, 0.4) is 0 Å². The molecule has 0 saturated heterocycles. The Kier molecular flexibility index (Phi) is 12.2. The Morgan fingerprint density at radius 3 is 1.04 bits per heavy atom. The number of nitrogens with one attached hydrogen (secondary N) is 2. The Labute approximate surface area is 151 Å². The van der Waals surface area contributed by atoms with Crippen molar-refractivity contribution in [2.24, 2.45) is 42.9 Å². The van der Waals surface area contributed by atoms with Crippen molar-refractivity contribution in [1.29, 1.82) is 10.8 Å². The quantitative estimate of drug-likeness (QED) is 0.227. The summed E-state index contributed by atoms with van der Waals surface area (Å²) in [6, 6.07) is 0. The molecule has 10 nitrogen and oxygen atoms in total. The molecule has 0 bridgehead atoms. The molecule has 0 aliphatic carbocycles. The van der Waals surface area contributed by atoms with Crippen molar-refractivity contribution in [3.8, 4) is 0 Å². The van der Waals surface area contributed by atoms with Crippen LogP contribution < -0.4 is 22.9 Å². The standard InChI is InChI=1S/C16H22N10/c17-13(18)25-15(21)23-11-9-7-5-3-1-2-4-6-8-10-12-24-16(22)26-14(19)20/h1-12H,(H5,17,18,21,25)(H5,19,20,22,26). The first-order valence-corrected chi connectivity index (χ1v) is 7.18. The molecule has 0 atom stereocenters. The molecule has 0 radical (unpaired) electrons.